The maximum Gasteiger partial charge on any atom is 0.255 e. The molecule has 358 valence electrons. The van der Waals surface area contributed by atoms with E-state index in [1.807, 2.05) is 24.3 Å². The molecule has 0 saturated heterocycles. The van der Waals surface area contributed by atoms with Crippen molar-refractivity contribution in [3.63, 3.8) is 0 Å². The van der Waals surface area contributed by atoms with Crippen LogP contribution in [0.15, 0.2) is 66.9 Å². The largest absolute Gasteiger partial charge is 0.492 e. The van der Waals surface area contributed by atoms with Crippen LogP contribution in [0, 0.1) is 12.3 Å². The Hall–Kier alpha value is -6.76. The molecule has 0 radical (unpaired) electrons. The Morgan fingerprint density at radius 3 is 2.15 bits per heavy atom. The Kier molecular flexibility index (Phi) is 17.7. The summed E-state index contributed by atoms with van der Waals surface area (Å²) in [6.07, 6.45) is 1.88. The van der Waals surface area contributed by atoms with Crippen molar-refractivity contribution >= 4 is 35.2 Å². The van der Waals surface area contributed by atoms with E-state index in [-0.39, 0.29) is 63.2 Å². The van der Waals surface area contributed by atoms with Crippen LogP contribution in [0.4, 0.5) is 0 Å². The van der Waals surface area contributed by atoms with E-state index in [0.717, 1.165) is 11.1 Å². The zero-order valence-electron chi connectivity index (χ0n) is 39.5. The number of hydrogen-bond donors (Lipinski definition) is 8. The molecule has 4 bridgehead atoms. The maximum atomic E-state index is 14.7. The van der Waals surface area contributed by atoms with Gasteiger partial charge in [-0.1, -0.05) is 64.1 Å². The van der Waals surface area contributed by atoms with Gasteiger partial charge in [0, 0.05) is 55.2 Å². The number of rotatable bonds is 17. The first-order chi connectivity index (χ1) is 31.9. The molecule has 5 rings (SSSR count). The van der Waals surface area contributed by atoms with Gasteiger partial charge in [-0.2, -0.15) is 0 Å². The van der Waals surface area contributed by atoms with E-state index < -0.39 is 53.7 Å². The van der Waals surface area contributed by atoms with Crippen molar-refractivity contribution in [3.8, 4) is 34.0 Å². The molecule has 3 aromatic carbocycles. The van der Waals surface area contributed by atoms with Gasteiger partial charge in [0.15, 0.2) is 5.82 Å². The number of carbonyl (C=O) groups is 5. The first kappa shape index (κ1) is 51.2. The molecule has 0 spiro atoms. The van der Waals surface area contributed by atoms with Crippen LogP contribution < -0.4 is 47.9 Å². The van der Waals surface area contributed by atoms with E-state index in [4.69, 9.17) is 32.1 Å². The van der Waals surface area contributed by atoms with Crippen molar-refractivity contribution in [3.05, 3.63) is 94.8 Å². The van der Waals surface area contributed by atoms with Crippen LogP contribution in [-0.2, 0) is 31.0 Å². The van der Waals surface area contributed by atoms with Crippen molar-refractivity contribution < 1.29 is 33.4 Å². The number of hydrogen-bond acceptors (Lipinski definition) is 13. The molecule has 1 aliphatic heterocycles. The average Bonchev–Trinajstić information content (AvgIpc) is 3.30. The highest BCUT2D eigenvalue weighted by Gasteiger charge is 2.36. The Bertz CT molecular complexity index is 2440. The third kappa shape index (κ3) is 13.0. The Balaban J connectivity index is 1.55. The molecule has 18 heteroatoms. The van der Waals surface area contributed by atoms with Crippen molar-refractivity contribution in [1.29, 1.82) is 5.41 Å². The smallest absolute Gasteiger partial charge is 0.255 e. The van der Waals surface area contributed by atoms with Gasteiger partial charge in [-0.15, -0.1) is 0 Å². The number of carbonyl (C=O) groups excluding carboxylic acids is 5. The molecular weight excluding hydrogens is 855 g/mol. The first-order valence-corrected chi connectivity index (χ1v) is 22.5. The van der Waals surface area contributed by atoms with E-state index >= 15 is 0 Å². The molecule has 4 atom stereocenters. The van der Waals surface area contributed by atoms with Gasteiger partial charge < -0.3 is 58.3 Å². The van der Waals surface area contributed by atoms with E-state index in [9.17, 15) is 24.0 Å². The lowest BCUT2D eigenvalue weighted by atomic mass is 9.87. The van der Waals surface area contributed by atoms with Crippen LogP contribution in [0.3, 0.4) is 0 Å². The summed E-state index contributed by atoms with van der Waals surface area (Å²) >= 11 is 0. The Labute approximate surface area is 392 Å². The molecule has 18 nitrogen and oxygen atoms in total. The normalized spacial score (nSPS) is 16.7. The van der Waals surface area contributed by atoms with Gasteiger partial charge in [0.2, 0.25) is 23.6 Å². The molecule has 4 aromatic rings. The van der Waals surface area contributed by atoms with E-state index in [1.54, 1.807) is 50.2 Å². The number of fused-ring (bicyclic) bond motifs is 5. The monoisotopic (exact) mass is 920 g/mol. The number of aromatic nitrogens is 2. The third-order valence-corrected chi connectivity index (χ3v) is 11.4. The van der Waals surface area contributed by atoms with Crippen LogP contribution >= 0.6 is 0 Å². The fourth-order valence-corrected chi connectivity index (χ4v) is 7.51. The predicted octanol–water partition coefficient (Wildman–Crippen LogP) is 2.83. The predicted molar refractivity (Wildman–Crippen MR) is 257 cm³/mol. The molecule has 4 unspecified atom stereocenters. The first-order valence-electron chi connectivity index (χ1n) is 22.5. The lowest BCUT2D eigenvalue weighted by Crippen LogP contribution is -2.56. The van der Waals surface area contributed by atoms with Crippen LogP contribution in [-0.4, -0.2) is 115 Å². The summed E-state index contributed by atoms with van der Waals surface area (Å²) in [7, 11) is 1.42. The second kappa shape index (κ2) is 23.1. The lowest BCUT2D eigenvalue weighted by molar-refractivity contribution is -0.141. The van der Waals surface area contributed by atoms with Crippen molar-refractivity contribution in [2.45, 2.75) is 90.4 Å². The van der Waals surface area contributed by atoms with Crippen LogP contribution in [0.25, 0.3) is 22.5 Å². The summed E-state index contributed by atoms with van der Waals surface area (Å²) in [5, 5.41) is 19.1. The summed E-state index contributed by atoms with van der Waals surface area (Å²) in [4.78, 5) is 81.0. The quantitative estimate of drug-likeness (QED) is 0.0710. The highest BCUT2D eigenvalue weighted by atomic mass is 16.5. The van der Waals surface area contributed by atoms with Gasteiger partial charge >= 0.3 is 0 Å². The maximum absolute atomic E-state index is 14.7. The molecule has 5 amide bonds. The number of benzene rings is 3. The molecule has 2 heterocycles. The molecule has 0 saturated carbocycles. The molecule has 0 fully saturated rings. The van der Waals surface area contributed by atoms with Gasteiger partial charge in [0.05, 0.1) is 17.8 Å². The van der Waals surface area contributed by atoms with Crippen LogP contribution in [0.2, 0.25) is 0 Å². The zero-order chi connectivity index (χ0) is 49.0. The van der Waals surface area contributed by atoms with Gasteiger partial charge in [-0.25, -0.2) is 9.97 Å². The average molecular weight is 920 g/mol. The summed E-state index contributed by atoms with van der Waals surface area (Å²) in [5.41, 5.74) is 22.4. The minimum atomic E-state index is -1.39. The van der Waals surface area contributed by atoms with Gasteiger partial charge in [0.1, 0.15) is 48.9 Å². The van der Waals surface area contributed by atoms with Gasteiger partial charge in [-0.3, -0.25) is 24.0 Å². The van der Waals surface area contributed by atoms with Gasteiger partial charge in [-0.05, 0) is 79.6 Å². The minimum absolute atomic E-state index is 0.00510. The molecule has 0 aliphatic carbocycles. The van der Waals surface area contributed by atoms with Crippen molar-refractivity contribution in [2.75, 3.05) is 46.4 Å². The van der Waals surface area contributed by atoms with Crippen molar-refractivity contribution in [1.82, 2.24) is 36.1 Å². The third-order valence-electron chi connectivity index (χ3n) is 11.4. The van der Waals surface area contributed by atoms with Crippen LogP contribution in [0.1, 0.15) is 86.2 Å². The van der Waals surface area contributed by atoms with Crippen molar-refractivity contribution in [2.24, 2.45) is 17.2 Å². The zero-order valence-corrected chi connectivity index (χ0v) is 39.5. The second-order valence-corrected chi connectivity index (χ2v) is 17.5. The number of nitrogens with two attached hydrogens (primary N) is 3. The number of aryl methyl sites for hydroxylation is 1. The highest BCUT2D eigenvalue weighted by Crippen LogP contribution is 2.40. The molecule has 1 aromatic heterocycles. The van der Waals surface area contributed by atoms with E-state index in [1.165, 1.54) is 25.1 Å². The number of likely N-dealkylation sites (N-methyl/N-ethyl adjacent to an activating group) is 1. The van der Waals surface area contributed by atoms with E-state index in [0.29, 0.717) is 57.4 Å². The minimum Gasteiger partial charge on any atom is -0.492 e. The SMILES string of the molecule is CCC(=N)CNC(=O)C1Cc2ccc(OCCN)c(c2)-c2cc(ccc2OCCN)C(N(C)C(=O)C(CCN)NC(=O)c2cnc(-c3ccc(C(C)(C)C)cc3)nc2C)C(=O)NC(C)C(=O)N1. The van der Waals surface area contributed by atoms with E-state index in [2.05, 4.69) is 52.0 Å². The molecule has 1 aliphatic rings. The number of amides is 5. The highest BCUT2D eigenvalue weighted by molar-refractivity contribution is 6.00. The summed E-state index contributed by atoms with van der Waals surface area (Å²) in [6, 6.07) is 13.3. The molecule has 11 N–H and O–H groups in total. The number of ether oxygens (including phenoxy) is 2. The number of nitrogens with one attached hydrogen (secondary N) is 5. The molecular formula is C49H65N11O7. The van der Waals surface area contributed by atoms with Crippen LogP contribution in [0.5, 0.6) is 11.5 Å². The molecule has 67 heavy (non-hydrogen) atoms. The summed E-state index contributed by atoms with van der Waals surface area (Å²) in [5.74, 6) is -1.98. The topological polar surface area (TPSA) is 283 Å². The lowest BCUT2D eigenvalue weighted by Gasteiger charge is -2.32. The Morgan fingerprint density at radius 1 is 0.910 bits per heavy atom. The number of nitrogens with zero attached hydrogens (tertiary/aromatic N) is 3. The fourth-order valence-electron chi connectivity index (χ4n) is 7.51. The van der Waals surface area contributed by atoms with Gasteiger partial charge in [0.25, 0.3) is 5.91 Å². The second-order valence-electron chi connectivity index (χ2n) is 17.5. The summed E-state index contributed by atoms with van der Waals surface area (Å²) in [6.45, 7) is 12.0. The Morgan fingerprint density at radius 2 is 1.55 bits per heavy atom. The summed E-state index contributed by atoms with van der Waals surface area (Å²) < 4.78 is 12.2. The standard InChI is InChI=1S/C49H65N11O7/c1-8-34(53)26-55-46(63)39-24-30-9-15-40(66-21-19-51)35(23-30)36-25-32(12-16-41(36)67-22-20-52)42(47(64)57-29(3)44(61)59-39)60(7)48(65)38(17-18-50)58-45(62)37-27-54-43(56-28(37)2)31-10-13-33(14-11-31)49(4,5)6/h9-16,23,25,27,29,38-39,42,53H,8,17-22,24,26,50-52H2,1-7H3,(H,55,63)(H,57,64)(H,58,62)(H,59,61). The fraction of sp³-hybridized carbons (Fsp3) is 0.429.